The fourth-order valence-corrected chi connectivity index (χ4v) is 2.18. The number of likely N-dealkylation sites (tertiary alicyclic amines) is 1. The van der Waals surface area contributed by atoms with Crippen LogP contribution in [0.3, 0.4) is 0 Å². The fraction of sp³-hybridized carbons (Fsp3) is 0.583. The standard InChI is InChI=1S/C12H20BN3/c1-16-4-2-10(3-5-16)7-15-12-6-11(13)8-14-9-12/h6,8-10,15H,2-5,7,13H2,1H3. The van der Waals surface area contributed by atoms with E-state index in [-0.39, 0.29) is 0 Å². The molecule has 1 saturated heterocycles. The van der Waals surface area contributed by atoms with E-state index in [0.29, 0.717) is 0 Å². The quantitative estimate of drug-likeness (QED) is 0.727. The van der Waals surface area contributed by atoms with Gasteiger partial charge >= 0.3 is 0 Å². The highest BCUT2D eigenvalue weighted by molar-refractivity contribution is 6.32. The molecular weight excluding hydrogens is 197 g/mol. The van der Waals surface area contributed by atoms with E-state index in [1.54, 1.807) is 0 Å². The maximum Gasteiger partial charge on any atom is 0.141 e. The molecule has 86 valence electrons. The molecule has 0 spiro atoms. The topological polar surface area (TPSA) is 28.2 Å². The van der Waals surface area contributed by atoms with Crippen molar-refractivity contribution in [1.82, 2.24) is 9.88 Å². The lowest BCUT2D eigenvalue weighted by Crippen LogP contribution is -2.33. The van der Waals surface area contributed by atoms with Gasteiger partial charge in [-0.15, -0.1) is 0 Å². The first kappa shape index (κ1) is 11.5. The molecule has 0 bridgehead atoms. The summed E-state index contributed by atoms with van der Waals surface area (Å²) in [5.74, 6) is 0.816. The van der Waals surface area contributed by atoms with Gasteiger partial charge in [-0.1, -0.05) is 5.46 Å². The van der Waals surface area contributed by atoms with Crippen LogP contribution >= 0.6 is 0 Å². The van der Waals surface area contributed by atoms with Gasteiger partial charge in [0, 0.05) is 18.9 Å². The average Bonchev–Trinajstić information content (AvgIpc) is 2.28. The summed E-state index contributed by atoms with van der Waals surface area (Å²) in [5, 5.41) is 3.49. The SMILES string of the molecule is Bc1cncc(NCC2CCN(C)CC2)c1. The largest absolute Gasteiger partial charge is 0.384 e. The van der Waals surface area contributed by atoms with E-state index in [9.17, 15) is 0 Å². The van der Waals surface area contributed by atoms with Crippen molar-refractivity contribution in [2.45, 2.75) is 12.8 Å². The number of hydrogen-bond acceptors (Lipinski definition) is 3. The molecular formula is C12H20BN3. The molecule has 1 N–H and O–H groups in total. The van der Waals surface area contributed by atoms with E-state index in [1.165, 1.54) is 31.4 Å². The van der Waals surface area contributed by atoms with Crippen molar-refractivity contribution in [3.63, 3.8) is 0 Å². The highest BCUT2D eigenvalue weighted by atomic mass is 15.1. The smallest absolute Gasteiger partial charge is 0.141 e. The maximum absolute atomic E-state index is 4.19. The van der Waals surface area contributed by atoms with Crippen molar-refractivity contribution in [2.24, 2.45) is 5.92 Å². The second-order valence-electron chi connectivity index (χ2n) is 4.88. The minimum absolute atomic E-state index is 0.816. The first-order chi connectivity index (χ1) is 7.74. The van der Waals surface area contributed by atoms with Gasteiger partial charge in [0.15, 0.2) is 0 Å². The second-order valence-corrected chi connectivity index (χ2v) is 4.88. The molecule has 0 atom stereocenters. The number of piperidine rings is 1. The Kier molecular flexibility index (Phi) is 3.83. The molecule has 1 aromatic rings. The van der Waals surface area contributed by atoms with Crippen molar-refractivity contribution in [3.8, 4) is 0 Å². The molecule has 1 aromatic heterocycles. The first-order valence-electron chi connectivity index (χ1n) is 6.08. The van der Waals surface area contributed by atoms with Crippen molar-refractivity contribution in [1.29, 1.82) is 0 Å². The van der Waals surface area contributed by atoms with Crippen LogP contribution in [0, 0.1) is 5.92 Å². The van der Waals surface area contributed by atoms with Crippen LogP contribution in [-0.4, -0.2) is 44.4 Å². The molecule has 3 nitrogen and oxygen atoms in total. The molecule has 1 fully saturated rings. The Labute approximate surface area is 98.7 Å². The number of hydrogen-bond donors (Lipinski definition) is 1. The van der Waals surface area contributed by atoms with Crippen LogP contribution in [0.5, 0.6) is 0 Å². The van der Waals surface area contributed by atoms with Gasteiger partial charge < -0.3 is 10.2 Å². The number of aromatic nitrogens is 1. The summed E-state index contributed by atoms with van der Waals surface area (Å²) in [6.45, 7) is 3.55. The third-order valence-corrected chi connectivity index (χ3v) is 3.31. The highest BCUT2D eigenvalue weighted by Crippen LogP contribution is 2.16. The average molecular weight is 217 g/mol. The van der Waals surface area contributed by atoms with E-state index < -0.39 is 0 Å². The van der Waals surface area contributed by atoms with E-state index in [2.05, 4.69) is 36.2 Å². The molecule has 0 unspecified atom stereocenters. The van der Waals surface area contributed by atoms with Gasteiger partial charge in [-0.3, -0.25) is 4.98 Å². The summed E-state index contributed by atoms with van der Waals surface area (Å²) in [4.78, 5) is 6.60. The van der Waals surface area contributed by atoms with E-state index in [1.807, 2.05) is 12.4 Å². The van der Waals surface area contributed by atoms with Gasteiger partial charge in [0.1, 0.15) is 7.85 Å². The van der Waals surface area contributed by atoms with Gasteiger partial charge in [-0.05, 0) is 45.0 Å². The van der Waals surface area contributed by atoms with E-state index in [0.717, 1.165) is 18.2 Å². The minimum Gasteiger partial charge on any atom is -0.384 e. The summed E-state index contributed by atoms with van der Waals surface area (Å²) < 4.78 is 0. The summed E-state index contributed by atoms with van der Waals surface area (Å²) in [5.41, 5.74) is 2.37. The third-order valence-electron chi connectivity index (χ3n) is 3.31. The molecule has 0 amide bonds. The lowest BCUT2D eigenvalue weighted by atomic mass is 9.96. The number of rotatable bonds is 3. The first-order valence-corrected chi connectivity index (χ1v) is 6.08. The number of nitrogens with one attached hydrogen (secondary N) is 1. The molecule has 0 saturated carbocycles. The zero-order valence-corrected chi connectivity index (χ0v) is 10.2. The lowest BCUT2D eigenvalue weighted by Gasteiger charge is -2.29. The molecule has 2 rings (SSSR count). The Morgan fingerprint density at radius 2 is 2.19 bits per heavy atom. The van der Waals surface area contributed by atoms with Gasteiger partial charge in [0.25, 0.3) is 0 Å². The van der Waals surface area contributed by atoms with Crippen molar-refractivity contribution >= 4 is 19.0 Å². The summed E-state index contributed by atoms with van der Waals surface area (Å²) >= 11 is 0. The predicted molar refractivity (Wildman–Crippen MR) is 71.1 cm³/mol. The molecule has 1 aliphatic heterocycles. The Balaban J connectivity index is 1.79. The lowest BCUT2D eigenvalue weighted by molar-refractivity contribution is 0.226. The van der Waals surface area contributed by atoms with Crippen LogP contribution < -0.4 is 10.8 Å². The predicted octanol–water partition coefficient (Wildman–Crippen LogP) is 0.0937. The third kappa shape index (κ3) is 3.24. The molecule has 0 radical (unpaired) electrons. The second kappa shape index (κ2) is 5.35. The Hall–Kier alpha value is -1.03. The van der Waals surface area contributed by atoms with Gasteiger partial charge in [-0.2, -0.15) is 0 Å². The Bertz CT molecular complexity index is 335. The van der Waals surface area contributed by atoms with Crippen molar-refractivity contribution in [2.75, 3.05) is 32.0 Å². The monoisotopic (exact) mass is 217 g/mol. The van der Waals surface area contributed by atoms with Crippen LogP contribution in [-0.2, 0) is 0 Å². The zero-order chi connectivity index (χ0) is 11.4. The van der Waals surface area contributed by atoms with E-state index >= 15 is 0 Å². The van der Waals surface area contributed by atoms with Gasteiger partial charge in [-0.25, -0.2) is 0 Å². The van der Waals surface area contributed by atoms with Crippen LogP contribution in [0.25, 0.3) is 0 Å². The number of pyridine rings is 1. The van der Waals surface area contributed by atoms with E-state index in [4.69, 9.17) is 0 Å². The molecule has 2 heterocycles. The molecule has 1 aliphatic rings. The van der Waals surface area contributed by atoms with Gasteiger partial charge in [0.2, 0.25) is 0 Å². The molecule has 16 heavy (non-hydrogen) atoms. The fourth-order valence-electron chi connectivity index (χ4n) is 2.18. The highest BCUT2D eigenvalue weighted by Gasteiger charge is 2.15. The molecule has 4 heteroatoms. The van der Waals surface area contributed by atoms with Gasteiger partial charge in [0.05, 0.1) is 5.69 Å². The maximum atomic E-state index is 4.19. The minimum atomic E-state index is 0.816. The Morgan fingerprint density at radius 1 is 1.44 bits per heavy atom. The normalized spacial score (nSPS) is 18.6. The van der Waals surface area contributed by atoms with Crippen molar-refractivity contribution < 1.29 is 0 Å². The van der Waals surface area contributed by atoms with Crippen LogP contribution in [0.1, 0.15) is 12.8 Å². The summed E-state index contributed by atoms with van der Waals surface area (Å²) in [6.07, 6.45) is 6.41. The summed E-state index contributed by atoms with van der Waals surface area (Å²) in [6, 6.07) is 2.15. The van der Waals surface area contributed by atoms with Crippen molar-refractivity contribution in [3.05, 3.63) is 18.5 Å². The molecule has 0 aromatic carbocycles. The van der Waals surface area contributed by atoms with Crippen LogP contribution in [0.15, 0.2) is 18.5 Å². The van der Waals surface area contributed by atoms with Crippen LogP contribution in [0.4, 0.5) is 5.69 Å². The summed E-state index contributed by atoms with van der Waals surface area (Å²) in [7, 11) is 4.28. The van der Waals surface area contributed by atoms with Crippen LogP contribution in [0.2, 0.25) is 0 Å². The zero-order valence-electron chi connectivity index (χ0n) is 10.2. The molecule has 0 aliphatic carbocycles. The number of anilines is 1. The Morgan fingerprint density at radius 3 is 2.88 bits per heavy atom. The number of nitrogens with zero attached hydrogens (tertiary/aromatic N) is 2.